The van der Waals surface area contributed by atoms with E-state index in [4.69, 9.17) is 14.2 Å². The third kappa shape index (κ3) is 3.41. The lowest BCUT2D eigenvalue weighted by atomic mass is 10.1. The molecule has 0 N–H and O–H groups in total. The molecule has 0 saturated heterocycles. The topological polar surface area (TPSA) is 65.1 Å². The summed E-state index contributed by atoms with van der Waals surface area (Å²) in [5.74, 6) is 0.938. The van der Waals surface area contributed by atoms with Crippen LogP contribution in [0.2, 0.25) is 0 Å². The molecule has 0 aliphatic heterocycles. The molecule has 0 aromatic heterocycles. The summed E-state index contributed by atoms with van der Waals surface area (Å²) < 4.78 is 15.3. The molecule has 1 aliphatic carbocycles. The minimum atomic E-state index is -0.596. The fraction of sp³-hybridized carbons (Fsp3) is 0.529. The first-order valence-corrected chi connectivity index (χ1v) is 7.51. The first-order chi connectivity index (χ1) is 10.9. The van der Waals surface area contributed by atoms with Crippen LogP contribution in [0, 0.1) is 5.92 Å². The summed E-state index contributed by atoms with van der Waals surface area (Å²) in [6.45, 7) is 1.66. The highest BCUT2D eigenvalue weighted by Crippen LogP contribution is 2.52. The highest BCUT2D eigenvalue weighted by atomic mass is 16.5. The van der Waals surface area contributed by atoms with Crippen LogP contribution in [-0.4, -0.2) is 51.2 Å². The molecule has 1 aromatic rings. The third-order valence-corrected chi connectivity index (χ3v) is 4.41. The van der Waals surface area contributed by atoms with Crippen LogP contribution in [0.1, 0.15) is 24.8 Å². The maximum atomic E-state index is 12.6. The average molecular weight is 321 g/mol. The van der Waals surface area contributed by atoms with Crippen molar-refractivity contribution in [1.29, 1.82) is 0 Å². The van der Waals surface area contributed by atoms with Crippen molar-refractivity contribution in [3.8, 4) is 11.5 Å². The van der Waals surface area contributed by atoms with E-state index in [1.54, 1.807) is 28.2 Å². The zero-order valence-corrected chi connectivity index (χ0v) is 14.2. The Bertz CT molecular complexity index is 601. The van der Waals surface area contributed by atoms with Crippen molar-refractivity contribution in [3.05, 3.63) is 23.8 Å². The molecule has 0 heterocycles. The van der Waals surface area contributed by atoms with Crippen LogP contribution in [0.3, 0.4) is 0 Å². The van der Waals surface area contributed by atoms with Gasteiger partial charge in [-0.1, -0.05) is 0 Å². The van der Waals surface area contributed by atoms with E-state index in [9.17, 15) is 9.59 Å². The van der Waals surface area contributed by atoms with Gasteiger partial charge in [0.05, 0.1) is 21.3 Å². The molecule has 6 nitrogen and oxygen atoms in total. The van der Waals surface area contributed by atoms with Crippen LogP contribution < -0.4 is 9.47 Å². The molecule has 1 aliphatic rings. The quantitative estimate of drug-likeness (QED) is 0.748. The van der Waals surface area contributed by atoms with Gasteiger partial charge in [-0.25, -0.2) is 4.79 Å². The molecule has 1 amide bonds. The van der Waals surface area contributed by atoms with Gasteiger partial charge in [0.1, 0.15) is 17.5 Å². The fourth-order valence-electron chi connectivity index (χ4n) is 2.72. The van der Waals surface area contributed by atoms with Crippen molar-refractivity contribution in [1.82, 2.24) is 4.90 Å². The number of hydrogen-bond donors (Lipinski definition) is 0. The van der Waals surface area contributed by atoms with Crippen molar-refractivity contribution in [2.24, 2.45) is 5.92 Å². The Morgan fingerprint density at radius 1 is 1.22 bits per heavy atom. The van der Waals surface area contributed by atoms with Crippen molar-refractivity contribution >= 4 is 11.9 Å². The number of hydrogen-bond acceptors (Lipinski definition) is 5. The third-order valence-electron chi connectivity index (χ3n) is 4.41. The van der Waals surface area contributed by atoms with E-state index in [-0.39, 0.29) is 17.7 Å². The summed E-state index contributed by atoms with van der Waals surface area (Å²) in [4.78, 5) is 25.6. The monoisotopic (exact) mass is 321 g/mol. The van der Waals surface area contributed by atoms with Crippen LogP contribution in [0.25, 0.3) is 0 Å². The van der Waals surface area contributed by atoms with Crippen LogP contribution in [-0.2, 0) is 14.3 Å². The van der Waals surface area contributed by atoms with E-state index < -0.39 is 12.0 Å². The Kier molecular flexibility index (Phi) is 5.13. The normalized spacial score (nSPS) is 20.4. The Morgan fingerprint density at radius 3 is 2.48 bits per heavy atom. The standard InChI is InChI=1S/C17H23NO5/c1-10(17(20)23-5)18(2)16(19)14-9-12(14)13-8-11(21-3)6-7-15(13)22-4/h6-8,10,12,14H,9H2,1-5H3/t10-,12-,14-/m0/s1. The molecule has 2 rings (SSSR count). The number of amides is 1. The van der Waals surface area contributed by atoms with Crippen molar-refractivity contribution in [3.63, 3.8) is 0 Å². The van der Waals surface area contributed by atoms with Crippen LogP contribution in [0.4, 0.5) is 0 Å². The van der Waals surface area contributed by atoms with Gasteiger partial charge in [0, 0.05) is 24.4 Å². The highest BCUT2D eigenvalue weighted by molar-refractivity contribution is 5.88. The smallest absolute Gasteiger partial charge is 0.328 e. The lowest BCUT2D eigenvalue weighted by molar-refractivity contribution is -0.151. The molecule has 0 unspecified atom stereocenters. The first kappa shape index (κ1) is 17.1. The summed E-state index contributed by atoms with van der Waals surface area (Å²) in [5, 5.41) is 0. The summed E-state index contributed by atoms with van der Waals surface area (Å²) in [5.41, 5.74) is 0.962. The zero-order valence-electron chi connectivity index (χ0n) is 14.2. The molecule has 0 bridgehead atoms. The van der Waals surface area contributed by atoms with E-state index in [2.05, 4.69) is 0 Å². The second-order valence-corrected chi connectivity index (χ2v) is 5.70. The Morgan fingerprint density at radius 2 is 1.91 bits per heavy atom. The molecule has 1 aromatic carbocycles. The Labute approximate surface area is 136 Å². The lowest BCUT2D eigenvalue weighted by Gasteiger charge is -2.23. The molecule has 6 heteroatoms. The van der Waals surface area contributed by atoms with Crippen molar-refractivity contribution < 1.29 is 23.8 Å². The average Bonchev–Trinajstić information content (AvgIpc) is 3.38. The fourth-order valence-corrected chi connectivity index (χ4v) is 2.72. The second kappa shape index (κ2) is 6.89. The Hall–Kier alpha value is -2.24. The van der Waals surface area contributed by atoms with Gasteiger partial charge in [-0.2, -0.15) is 0 Å². The van der Waals surface area contributed by atoms with Gasteiger partial charge in [0.25, 0.3) is 0 Å². The molecular weight excluding hydrogens is 298 g/mol. The van der Waals surface area contributed by atoms with Gasteiger partial charge >= 0.3 is 5.97 Å². The summed E-state index contributed by atoms with van der Waals surface area (Å²) in [6.07, 6.45) is 0.737. The van der Waals surface area contributed by atoms with Gasteiger partial charge in [0.2, 0.25) is 5.91 Å². The highest BCUT2D eigenvalue weighted by Gasteiger charge is 2.47. The molecule has 126 valence electrons. The number of ether oxygens (including phenoxy) is 3. The zero-order chi connectivity index (χ0) is 17.1. The molecule has 23 heavy (non-hydrogen) atoms. The summed E-state index contributed by atoms with van der Waals surface area (Å²) in [6, 6.07) is 4.98. The molecule has 3 atom stereocenters. The number of rotatable bonds is 6. The molecule has 0 radical (unpaired) electrons. The summed E-state index contributed by atoms with van der Waals surface area (Å²) >= 11 is 0. The Balaban J connectivity index is 2.12. The van der Waals surface area contributed by atoms with Gasteiger partial charge in [-0.05, 0) is 31.5 Å². The van der Waals surface area contributed by atoms with Crippen LogP contribution in [0.15, 0.2) is 18.2 Å². The van der Waals surface area contributed by atoms with Crippen LogP contribution in [0.5, 0.6) is 11.5 Å². The van der Waals surface area contributed by atoms with Gasteiger partial charge in [0.15, 0.2) is 0 Å². The number of methoxy groups -OCH3 is 3. The first-order valence-electron chi connectivity index (χ1n) is 7.51. The number of likely N-dealkylation sites (N-methyl/N-ethyl adjacent to an activating group) is 1. The molecular formula is C17H23NO5. The SMILES string of the molecule is COC(=O)[C@H](C)N(C)C(=O)[C@H]1C[C@H]1c1cc(OC)ccc1OC. The predicted octanol–water partition coefficient (Wildman–Crippen LogP) is 1.83. The number of benzene rings is 1. The number of nitrogens with zero attached hydrogens (tertiary/aromatic N) is 1. The van der Waals surface area contributed by atoms with Crippen molar-refractivity contribution in [2.45, 2.75) is 25.3 Å². The minimum absolute atomic E-state index is 0.0576. The maximum absolute atomic E-state index is 12.6. The molecule has 0 spiro atoms. The second-order valence-electron chi connectivity index (χ2n) is 5.70. The molecule has 1 saturated carbocycles. The number of carbonyl (C=O) groups excluding carboxylic acids is 2. The van der Waals surface area contributed by atoms with Crippen molar-refractivity contribution in [2.75, 3.05) is 28.4 Å². The predicted molar refractivity (Wildman–Crippen MR) is 84.6 cm³/mol. The van der Waals surface area contributed by atoms with E-state index in [0.717, 1.165) is 23.5 Å². The maximum Gasteiger partial charge on any atom is 0.328 e. The van der Waals surface area contributed by atoms with E-state index in [1.165, 1.54) is 12.0 Å². The lowest BCUT2D eigenvalue weighted by Crippen LogP contribution is -2.41. The van der Waals surface area contributed by atoms with Gasteiger partial charge in [-0.15, -0.1) is 0 Å². The van der Waals surface area contributed by atoms with E-state index in [1.807, 2.05) is 18.2 Å². The van der Waals surface area contributed by atoms with E-state index in [0.29, 0.717) is 0 Å². The minimum Gasteiger partial charge on any atom is -0.497 e. The van der Waals surface area contributed by atoms with Crippen LogP contribution >= 0.6 is 0 Å². The van der Waals surface area contributed by atoms with E-state index >= 15 is 0 Å². The summed E-state index contributed by atoms with van der Waals surface area (Å²) in [7, 11) is 6.16. The van der Waals surface area contributed by atoms with Gasteiger partial charge < -0.3 is 19.1 Å². The molecule has 1 fully saturated rings. The number of esters is 1. The largest absolute Gasteiger partial charge is 0.497 e. The van der Waals surface area contributed by atoms with Gasteiger partial charge in [-0.3, -0.25) is 4.79 Å². The number of carbonyl (C=O) groups is 2.